The summed E-state index contributed by atoms with van der Waals surface area (Å²) in [4.78, 5) is 11.2. The Bertz CT molecular complexity index is 171. The second-order valence-corrected chi connectivity index (χ2v) is 2.92. The zero-order chi connectivity index (χ0) is 10.3. The average Bonchev–Trinajstić information content (AvgIpc) is 2.13. The lowest BCUT2D eigenvalue weighted by molar-refractivity contribution is -0.122. The molecule has 0 aliphatic rings. The van der Waals surface area contributed by atoms with E-state index in [2.05, 4.69) is 11.9 Å². The second-order valence-electron chi connectivity index (χ2n) is 2.92. The topological polar surface area (TPSA) is 64.4 Å². The lowest BCUT2D eigenvalue weighted by Crippen LogP contribution is -2.42. The molecule has 0 aliphatic heterocycles. The number of nitrogens with one attached hydrogen (secondary N) is 1. The first kappa shape index (κ1) is 12.1. The third-order valence-corrected chi connectivity index (χ3v) is 1.72. The standard InChI is InChI=1S/C9H18N2O2/c1-4-5-8(10)9(12)11-6-7(2)13-3/h4,7-8H,1,5-6,10H2,2-3H3,(H,11,12). The Balaban J connectivity index is 3.67. The van der Waals surface area contributed by atoms with E-state index < -0.39 is 6.04 Å². The zero-order valence-corrected chi connectivity index (χ0v) is 8.25. The van der Waals surface area contributed by atoms with Gasteiger partial charge in [-0.25, -0.2) is 0 Å². The predicted octanol–water partition coefficient (Wildman–Crippen LogP) is 0.0409. The molecule has 76 valence electrons. The van der Waals surface area contributed by atoms with Gasteiger partial charge >= 0.3 is 0 Å². The van der Waals surface area contributed by atoms with Crippen molar-refractivity contribution < 1.29 is 9.53 Å². The van der Waals surface area contributed by atoms with E-state index in [0.717, 1.165) is 0 Å². The molecule has 0 radical (unpaired) electrons. The van der Waals surface area contributed by atoms with Gasteiger partial charge in [0.2, 0.25) is 5.91 Å². The smallest absolute Gasteiger partial charge is 0.237 e. The van der Waals surface area contributed by atoms with E-state index in [-0.39, 0.29) is 12.0 Å². The summed E-state index contributed by atoms with van der Waals surface area (Å²) in [7, 11) is 1.60. The number of ether oxygens (including phenoxy) is 1. The highest BCUT2D eigenvalue weighted by atomic mass is 16.5. The van der Waals surface area contributed by atoms with Gasteiger partial charge in [0.25, 0.3) is 0 Å². The van der Waals surface area contributed by atoms with Gasteiger partial charge in [-0.2, -0.15) is 0 Å². The third-order valence-electron chi connectivity index (χ3n) is 1.72. The molecule has 0 fully saturated rings. The van der Waals surface area contributed by atoms with E-state index in [9.17, 15) is 4.79 Å². The minimum Gasteiger partial charge on any atom is -0.380 e. The maximum Gasteiger partial charge on any atom is 0.237 e. The summed E-state index contributed by atoms with van der Waals surface area (Å²) in [5, 5.41) is 2.68. The van der Waals surface area contributed by atoms with Crippen LogP contribution < -0.4 is 11.1 Å². The van der Waals surface area contributed by atoms with E-state index in [4.69, 9.17) is 10.5 Å². The molecule has 3 N–H and O–H groups in total. The maximum absolute atomic E-state index is 11.2. The molecule has 2 atom stereocenters. The van der Waals surface area contributed by atoms with E-state index in [0.29, 0.717) is 13.0 Å². The largest absolute Gasteiger partial charge is 0.380 e. The van der Waals surface area contributed by atoms with Crippen molar-refractivity contribution in [3.63, 3.8) is 0 Å². The number of carbonyl (C=O) groups excluding carboxylic acids is 1. The van der Waals surface area contributed by atoms with Crippen molar-refractivity contribution in [1.29, 1.82) is 0 Å². The van der Waals surface area contributed by atoms with Crippen molar-refractivity contribution in [2.24, 2.45) is 5.73 Å². The summed E-state index contributed by atoms with van der Waals surface area (Å²) in [6.07, 6.45) is 2.14. The Kier molecular flexibility index (Phi) is 6.18. The van der Waals surface area contributed by atoms with E-state index in [1.165, 1.54) is 0 Å². The van der Waals surface area contributed by atoms with Crippen LogP contribution in [0.25, 0.3) is 0 Å². The first-order valence-corrected chi connectivity index (χ1v) is 4.28. The molecule has 13 heavy (non-hydrogen) atoms. The van der Waals surface area contributed by atoms with E-state index >= 15 is 0 Å². The number of hydrogen-bond donors (Lipinski definition) is 2. The molecule has 0 aromatic carbocycles. The van der Waals surface area contributed by atoms with Crippen LogP contribution in [0.3, 0.4) is 0 Å². The normalized spacial score (nSPS) is 14.7. The van der Waals surface area contributed by atoms with Crippen LogP contribution in [0, 0.1) is 0 Å². The van der Waals surface area contributed by atoms with Crippen LogP contribution in [-0.4, -0.2) is 31.7 Å². The van der Waals surface area contributed by atoms with Gasteiger partial charge in [-0.3, -0.25) is 4.79 Å². The number of amides is 1. The Morgan fingerprint density at radius 1 is 1.77 bits per heavy atom. The molecule has 0 aromatic rings. The van der Waals surface area contributed by atoms with E-state index in [1.807, 2.05) is 6.92 Å². The quantitative estimate of drug-likeness (QED) is 0.576. The van der Waals surface area contributed by atoms with Crippen LogP contribution in [0.15, 0.2) is 12.7 Å². The monoisotopic (exact) mass is 186 g/mol. The molecule has 4 heteroatoms. The van der Waals surface area contributed by atoms with Crippen LogP contribution in [0.5, 0.6) is 0 Å². The highest BCUT2D eigenvalue weighted by Gasteiger charge is 2.11. The molecule has 0 aromatic heterocycles. The summed E-state index contributed by atoms with van der Waals surface area (Å²) < 4.78 is 4.96. The van der Waals surface area contributed by atoms with Crippen LogP contribution in [-0.2, 0) is 9.53 Å². The fraction of sp³-hybridized carbons (Fsp3) is 0.667. The molecule has 0 heterocycles. The van der Waals surface area contributed by atoms with Crippen molar-refractivity contribution in [2.75, 3.05) is 13.7 Å². The lowest BCUT2D eigenvalue weighted by atomic mass is 10.2. The van der Waals surface area contributed by atoms with Crippen molar-refractivity contribution in [1.82, 2.24) is 5.32 Å². The van der Waals surface area contributed by atoms with Gasteiger partial charge in [-0.05, 0) is 13.3 Å². The number of hydrogen-bond acceptors (Lipinski definition) is 3. The number of carbonyl (C=O) groups is 1. The average molecular weight is 186 g/mol. The van der Waals surface area contributed by atoms with Gasteiger partial charge in [0.05, 0.1) is 12.1 Å². The SMILES string of the molecule is C=CCC(N)C(=O)NCC(C)OC. The Morgan fingerprint density at radius 2 is 2.38 bits per heavy atom. The van der Waals surface area contributed by atoms with Crippen molar-refractivity contribution >= 4 is 5.91 Å². The third kappa shape index (κ3) is 5.38. The summed E-state index contributed by atoms with van der Waals surface area (Å²) >= 11 is 0. The summed E-state index contributed by atoms with van der Waals surface area (Å²) in [6.45, 7) is 5.87. The van der Waals surface area contributed by atoms with Gasteiger partial charge in [0.1, 0.15) is 0 Å². The van der Waals surface area contributed by atoms with Gasteiger partial charge in [-0.1, -0.05) is 6.08 Å². The van der Waals surface area contributed by atoms with Crippen LogP contribution >= 0.6 is 0 Å². The van der Waals surface area contributed by atoms with Crippen LogP contribution in [0.1, 0.15) is 13.3 Å². The fourth-order valence-corrected chi connectivity index (χ4v) is 0.745. The number of rotatable bonds is 6. The molecule has 0 aliphatic carbocycles. The second kappa shape index (κ2) is 6.62. The number of nitrogens with two attached hydrogens (primary N) is 1. The number of methoxy groups -OCH3 is 1. The fourth-order valence-electron chi connectivity index (χ4n) is 0.745. The van der Waals surface area contributed by atoms with Gasteiger partial charge in [0, 0.05) is 13.7 Å². The highest BCUT2D eigenvalue weighted by Crippen LogP contribution is 1.90. The Labute approximate surface area is 79.1 Å². The first-order chi connectivity index (χ1) is 6.11. The van der Waals surface area contributed by atoms with Gasteiger partial charge in [0.15, 0.2) is 0 Å². The molecule has 0 saturated carbocycles. The Hall–Kier alpha value is -0.870. The van der Waals surface area contributed by atoms with Crippen molar-refractivity contribution in [3.05, 3.63) is 12.7 Å². The molecular formula is C9H18N2O2. The highest BCUT2D eigenvalue weighted by molar-refractivity contribution is 5.81. The molecule has 0 rings (SSSR count). The summed E-state index contributed by atoms with van der Waals surface area (Å²) in [5.41, 5.74) is 5.53. The Morgan fingerprint density at radius 3 is 2.85 bits per heavy atom. The van der Waals surface area contributed by atoms with E-state index in [1.54, 1.807) is 13.2 Å². The molecular weight excluding hydrogens is 168 g/mol. The zero-order valence-electron chi connectivity index (χ0n) is 8.25. The maximum atomic E-state index is 11.2. The molecule has 0 spiro atoms. The van der Waals surface area contributed by atoms with Gasteiger partial charge < -0.3 is 15.8 Å². The molecule has 1 amide bonds. The van der Waals surface area contributed by atoms with Crippen molar-refractivity contribution in [2.45, 2.75) is 25.5 Å². The lowest BCUT2D eigenvalue weighted by Gasteiger charge is -2.13. The molecule has 4 nitrogen and oxygen atoms in total. The minimum atomic E-state index is -0.499. The summed E-state index contributed by atoms with van der Waals surface area (Å²) in [6, 6.07) is -0.499. The van der Waals surface area contributed by atoms with Crippen LogP contribution in [0.4, 0.5) is 0 Å². The molecule has 0 bridgehead atoms. The van der Waals surface area contributed by atoms with Crippen LogP contribution in [0.2, 0.25) is 0 Å². The van der Waals surface area contributed by atoms with Crippen molar-refractivity contribution in [3.8, 4) is 0 Å². The van der Waals surface area contributed by atoms with Gasteiger partial charge in [-0.15, -0.1) is 6.58 Å². The molecule has 2 unspecified atom stereocenters. The summed E-state index contributed by atoms with van der Waals surface area (Å²) in [5.74, 6) is -0.163. The molecule has 0 saturated heterocycles. The minimum absolute atomic E-state index is 0.0138. The first-order valence-electron chi connectivity index (χ1n) is 4.28. The predicted molar refractivity (Wildman–Crippen MR) is 52.3 cm³/mol.